The predicted molar refractivity (Wildman–Crippen MR) is 199 cm³/mol. The molecule has 48 heavy (non-hydrogen) atoms. The summed E-state index contributed by atoms with van der Waals surface area (Å²) in [6, 6.07) is 54.0. The molecule has 4 nitrogen and oxygen atoms in total. The Morgan fingerprint density at radius 2 is 0.604 bits per heavy atom. The number of aromatic nitrogens is 2. The summed E-state index contributed by atoms with van der Waals surface area (Å²) in [5.74, 6) is 0. The second-order valence-corrected chi connectivity index (χ2v) is 11.8. The van der Waals surface area contributed by atoms with Crippen molar-refractivity contribution in [2.45, 2.75) is 0 Å². The van der Waals surface area contributed by atoms with Gasteiger partial charge in [0.15, 0.2) is 0 Å². The molecule has 7 aromatic carbocycles. The van der Waals surface area contributed by atoms with Gasteiger partial charge in [0.2, 0.25) is 11.4 Å². The fourth-order valence-corrected chi connectivity index (χ4v) is 7.43. The fourth-order valence-electron chi connectivity index (χ4n) is 7.43. The van der Waals surface area contributed by atoms with E-state index in [4.69, 9.17) is 13.1 Å². The van der Waals surface area contributed by atoms with E-state index in [0.717, 1.165) is 77.2 Å². The molecule has 0 aliphatic carbocycles. The number of rotatable bonds is 4. The largest absolute Gasteiger partial charge is 0.308 e. The van der Waals surface area contributed by atoms with E-state index in [9.17, 15) is 0 Å². The summed E-state index contributed by atoms with van der Waals surface area (Å²) in [6.45, 7) is 17.3. The lowest BCUT2D eigenvalue weighted by atomic mass is 9.91. The van der Waals surface area contributed by atoms with Gasteiger partial charge in [-0.25, -0.2) is 9.69 Å². The SMILES string of the molecule is [C-]#[N+]c1c([N+]#[C-])c(-c2ccccc2)c(-n2c3ccccc3c3ccccc32)c(-n2c3ccccc3c3ccccc32)c1-c1ccccc1. The molecule has 0 saturated heterocycles. The molecule has 0 N–H and O–H groups in total. The maximum Gasteiger partial charge on any atom is 0.205 e. The maximum atomic E-state index is 8.66. The first-order valence-corrected chi connectivity index (χ1v) is 15.9. The van der Waals surface area contributed by atoms with Crippen LogP contribution in [0.2, 0.25) is 0 Å². The molecule has 0 atom stereocenters. The van der Waals surface area contributed by atoms with E-state index in [1.165, 1.54) is 0 Å². The molecule has 0 saturated carbocycles. The summed E-state index contributed by atoms with van der Waals surface area (Å²) in [5, 5.41) is 4.50. The smallest absolute Gasteiger partial charge is 0.205 e. The second-order valence-electron chi connectivity index (χ2n) is 11.8. The van der Waals surface area contributed by atoms with Crippen LogP contribution in [0.1, 0.15) is 0 Å². The highest BCUT2D eigenvalue weighted by Crippen LogP contribution is 2.55. The van der Waals surface area contributed by atoms with Crippen LogP contribution in [0.25, 0.3) is 86.9 Å². The van der Waals surface area contributed by atoms with E-state index < -0.39 is 0 Å². The number of nitrogens with zero attached hydrogens (tertiary/aromatic N) is 4. The molecule has 0 radical (unpaired) electrons. The van der Waals surface area contributed by atoms with Crippen molar-refractivity contribution in [3.63, 3.8) is 0 Å². The minimum absolute atomic E-state index is 0.344. The zero-order valence-corrected chi connectivity index (χ0v) is 25.8. The van der Waals surface area contributed by atoms with Crippen molar-refractivity contribution in [3.05, 3.63) is 181 Å². The number of hydrogen-bond donors (Lipinski definition) is 0. The zero-order valence-electron chi connectivity index (χ0n) is 25.8. The highest BCUT2D eigenvalue weighted by atomic mass is 15.1. The minimum Gasteiger partial charge on any atom is -0.308 e. The van der Waals surface area contributed by atoms with Crippen LogP contribution in [0.15, 0.2) is 158 Å². The van der Waals surface area contributed by atoms with Crippen molar-refractivity contribution < 1.29 is 0 Å². The van der Waals surface area contributed by atoms with Crippen LogP contribution in [-0.2, 0) is 0 Å². The fraction of sp³-hybridized carbons (Fsp3) is 0. The van der Waals surface area contributed by atoms with Crippen LogP contribution in [-0.4, -0.2) is 9.13 Å². The average molecular weight is 611 g/mol. The minimum atomic E-state index is 0.344. The van der Waals surface area contributed by atoms with Crippen molar-refractivity contribution >= 4 is 55.0 Å². The lowest BCUT2D eigenvalue weighted by molar-refractivity contribution is 1.10. The number of benzene rings is 7. The molecule has 2 aromatic heterocycles. The van der Waals surface area contributed by atoms with Crippen molar-refractivity contribution in [2.75, 3.05) is 0 Å². The molecule has 9 rings (SSSR count). The molecule has 4 heteroatoms. The Labute approximate surface area is 277 Å². The predicted octanol–water partition coefficient (Wildman–Crippen LogP) is 12.3. The Hall–Kier alpha value is -6.88. The first-order valence-electron chi connectivity index (χ1n) is 15.9. The molecule has 9 aromatic rings. The van der Waals surface area contributed by atoms with E-state index >= 15 is 0 Å². The van der Waals surface area contributed by atoms with Crippen LogP contribution in [0.4, 0.5) is 11.4 Å². The van der Waals surface area contributed by atoms with Gasteiger partial charge in [0.1, 0.15) is 0 Å². The van der Waals surface area contributed by atoms with Crippen molar-refractivity contribution in [2.24, 2.45) is 0 Å². The molecule has 0 aliphatic heterocycles. The summed E-state index contributed by atoms with van der Waals surface area (Å²) >= 11 is 0. The highest BCUT2D eigenvalue weighted by Gasteiger charge is 2.31. The third-order valence-electron chi connectivity index (χ3n) is 9.35. The maximum absolute atomic E-state index is 8.66. The molecule has 0 fully saturated rings. The summed E-state index contributed by atoms with van der Waals surface area (Å²) in [7, 11) is 0. The normalized spacial score (nSPS) is 11.3. The van der Waals surface area contributed by atoms with Crippen LogP contribution in [0.5, 0.6) is 0 Å². The van der Waals surface area contributed by atoms with Gasteiger partial charge in [0.05, 0.1) is 46.6 Å². The van der Waals surface area contributed by atoms with Gasteiger partial charge >= 0.3 is 0 Å². The quantitative estimate of drug-likeness (QED) is 0.177. The van der Waals surface area contributed by atoms with Crippen LogP contribution in [0, 0.1) is 13.1 Å². The van der Waals surface area contributed by atoms with E-state index in [2.05, 4.69) is 116 Å². The van der Waals surface area contributed by atoms with Gasteiger partial charge < -0.3 is 9.13 Å². The first-order chi connectivity index (χ1) is 23.8. The zero-order chi connectivity index (χ0) is 32.2. The van der Waals surface area contributed by atoms with Gasteiger partial charge in [-0.05, 0) is 35.4 Å². The van der Waals surface area contributed by atoms with Gasteiger partial charge in [0, 0.05) is 32.7 Å². The number of hydrogen-bond acceptors (Lipinski definition) is 0. The van der Waals surface area contributed by atoms with Crippen LogP contribution >= 0.6 is 0 Å². The van der Waals surface area contributed by atoms with Gasteiger partial charge in [-0.3, -0.25) is 0 Å². The summed E-state index contributed by atoms with van der Waals surface area (Å²) in [6.07, 6.45) is 0. The van der Waals surface area contributed by atoms with Gasteiger partial charge in [-0.15, -0.1) is 0 Å². The van der Waals surface area contributed by atoms with Crippen LogP contribution in [0.3, 0.4) is 0 Å². The van der Waals surface area contributed by atoms with Gasteiger partial charge in [-0.2, -0.15) is 0 Å². The lowest BCUT2D eigenvalue weighted by Gasteiger charge is -2.26. The molecular formula is C44H26N4. The standard InChI is InChI=1S/C44H26N4/c1-45-41-39(29-17-5-3-6-18-29)43(47-35-25-13-9-21-31(35)32-22-10-14-26-36(32)47)44(40(42(41)46-2)30-19-7-4-8-20-30)48-37-27-15-11-23-33(37)34-24-12-16-28-38(34)48/h3-28H. The Morgan fingerprint density at radius 3 is 0.896 bits per heavy atom. The van der Waals surface area contributed by atoms with Crippen molar-refractivity contribution in [1.82, 2.24) is 9.13 Å². The molecule has 0 amide bonds. The lowest BCUT2D eigenvalue weighted by Crippen LogP contribution is -2.08. The topological polar surface area (TPSA) is 18.6 Å². The Balaban J connectivity index is 1.66. The summed E-state index contributed by atoms with van der Waals surface area (Å²) < 4.78 is 4.64. The molecule has 0 spiro atoms. The van der Waals surface area contributed by atoms with E-state index in [0.29, 0.717) is 11.4 Å². The number of fused-ring (bicyclic) bond motifs is 6. The molecular weight excluding hydrogens is 585 g/mol. The van der Waals surface area contributed by atoms with Gasteiger partial charge in [-0.1, -0.05) is 133 Å². The van der Waals surface area contributed by atoms with E-state index in [1.807, 2.05) is 60.7 Å². The Kier molecular flexibility index (Phi) is 6.22. The molecule has 0 unspecified atom stereocenters. The van der Waals surface area contributed by atoms with E-state index in [1.54, 1.807) is 0 Å². The van der Waals surface area contributed by atoms with Crippen LogP contribution < -0.4 is 0 Å². The first kappa shape index (κ1) is 27.4. The highest BCUT2D eigenvalue weighted by molar-refractivity contribution is 6.16. The molecule has 2 heterocycles. The Bertz CT molecular complexity index is 2490. The van der Waals surface area contributed by atoms with Crippen molar-refractivity contribution in [3.8, 4) is 33.6 Å². The Morgan fingerprint density at radius 1 is 0.333 bits per heavy atom. The molecule has 222 valence electrons. The summed E-state index contributed by atoms with van der Waals surface area (Å²) in [4.78, 5) is 8.39. The van der Waals surface area contributed by atoms with Crippen molar-refractivity contribution in [1.29, 1.82) is 0 Å². The third kappa shape index (κ3) is 3.88. The second kappa shape index (κ2) is 10.9. The molecule has 0 aliphatic rings. The monoisotopic (exact) mass is 610 g/mol. The average Bonchev–Trinajstić information content (AvgIpc) is 3.67. The number of para-hydroxylation sites is 4. The summed E-state index contributed by atoms with van der Waals surface area (Å²) in [5.41, 5.74) is 9.77. The van der Waals surface area contributed by atoms with Gasteiger partial charge in [0.25, 0.3) is 0 Å². The van der Waals surface area contributed by atoms with E-state index in [-0.39, 0.29) is 0 Å². The molecule has 0 bridgehead atoms. The third-order valence-corrected chi connectivity index (χ3v) is 9.35.